The van der Waals surface area contributed by atoms with Crippen LogP contribution in [0.1, 0.15) is 72.8 Å². The first-order valence-corrected chi connectivity index (χ1v) is 13.4. The molecule has 24 heavy (non-hydrogen) atoms. The molecular formula is C21H36OSSi. The van der Waals surface area contributed by atoms with Gasteiger partial charge in [0, 0.05) is 11.5 Å². The highest BCUT2D eigenvalue weighted by molar-refractivity contribution is 8.29. The van der Waals surface area contributed by atoms with Gasteiger partial charge in [0.25, 0.3) is 0 Å². The Bertz CT molecular complexity index is 505. The second-order valence-electron chi connectivity index (χ2n) is 8.39. The summed E-state index contributed by atoms with van der Waals surface area (Å²) in [6.07, 6.45) is 2.73. The lowest BCUT2D eigenvalue weighted by Gasteiger charge is -2.42. The monoisotopic (exact) mass is 364 g/mol. The molecule has 2 rings (SSSR count). The van der Waals surface area contributed by atoms with Crippen molar-refractivity contribution < 1.29 is 4.74 Å². The molecule has 0 amide bonds. The molecule has 1 aromatic rings. The van der Waals surface area contributed by atoms with Crippen LogP contribution in [0.3, 0.4) is 0 Å². The fourth-order valence-corrected chi connectivity index (χ4v) is 13.9. The third kappa shape index (κ3) is 4.28. The summed E-state index contributed by atoms with van der Waals surface area (Å²) in [5, 5.41) is 0. The van der Waals surface area contributed by atoms with Crippen LogP contribution in [0.4, 0.5) is 0 Å². The van der Waals surface area contributed by atoms with Crippen molar-refractivity contribution in [3.8, 4) is 0 Å². The van der Waals surface area contributed by atoms with E-state index in [1.54, 1.807) is 0 Å². The highest BCUT2D eigenvalue weighted by Crippen LogP contribution is 2.52. The summed E-state index contributed by atoms with van der Waals surface area (Å²) >= 11 is 2.25. The largest absolute Gasteiger partial charge is 0.378 e. The predicted molar refractivity (Wildman–Crippen MR) is 111 cm³/mol. The van der Waals surface area contributed by atoms with Gasteiger partial charge in [-0.25, -0.2) is 0 Å². The second-order valence-corrected chi connectivity index (χ2v) is 17.0. The molecule has 0 N–H and O–H groups in total. The van der Waals surface area contributed by atoms with Gasteiger partial charge in [-0.3, -0.25) is 0 Å². The summed E-state index contributed by atoms with van der Waals surface area (Å²) in [7, 11) is -1.46. The highest BCUT2D eigenvalue weighted by Gasteiger charge is 2.44. The third-order valence-corrected chi connectivity index (χ3v) is 18.1. The minimum Gasteiger partial charge on any atom is -0.378 e. The Labute approximate surface area is 154 Å². The van der Waals surface area contributed by atoms with E-state index in [9.17, 15) is 0 Å². The average molecular weight is 365 g/mol. The number of rotatable bonds is 6. The van der Waals surface area contributed by atoms with Crippen molar-refractivity contribution in [2.75, 3.05) is 6.61 Å². The van der Waals surface area contributed by atoms with Gasteiger partial charge in [0.05, 0.1) is 6.10 Å². The molecule has 0 spiro atoms. The third-order valence-electron chi connectivity index (χ3n) is 5.82. The molecule has 0 aliphatic carbocycles. The molecule has 2 unspecified atom stereocenters. The minimum absolute atomic E-state index is 0.399. The van der Waals surface area contributed by atoms with Gasteiger partial charge in [0.1, 0.15) is 7.22 Å². The fourth-order valence-electron chi connectivity index (χ4n) is 4.69. The van der Waals surface area contributed by atoms with Crippen LogP contribution in [-0.2, 0) is 4.74 Å². The van der Waals surface area contributed by atoms with E-state index in [2.05, 4.69) is 83.9 Å². The minimum atomic E-state index is -1.46. The number of hydrogen-bond donors (Lipinski definition) is 0. The van der Waals surface area contributed by atoms with Crippen molar-refractivity contribution in [2.45, 2.75) is 94.8 Å². The van der Waals surface area contributed by atoms with Crippen molar-refractivity contribution in [3.05, 3.63) is 29.8 Å². The summed E-state index contributed by atoms with van der Waals surface area (Å²) in [6, 6.07) is 9.43. The maximum atomic E-state index is 5.74. The Morgan fingerprint density at radius 1 is 1.04 bits per heavy atom. The molecule has 0 bridgehead atoms. The Morgan fingerprint density at radius 3 is 2.21 bits per heavy atom. The molecule has 1 saturated heterocycles. The van der Waals surface area contributed by atoms with Gasteiger partial charge in [0.2, 0.25) is 0 Å². The lowest BCUT2D eigenvalue weighted by Crippen LogP contribution is -2.40. The molecule has 1 aromatic carbocycles. The maximum Gasteiger partial charge on any atom is 0.131 e. The standard InChI is InChI=1S/C21H36OSSi/c1-15(2)24(16(3)4,17(5)6)23-21-10-8-9-19(14-21)20-11-12-22-18(7)13-20/h8-10,14-18,20H,11-13H2,1-7H3. The van der Waals surface area contributed by atoms with Crippen LogP contribution in [0, 0.1) is 0 Å². The molecule has 1 nitrogen and oxygen atoms in total. The number of ether oxygens (including phenoxy) is 1. The normalized spacial score (nSPS) is 22.6. The van der Waals surface area contributed by atoms with Crippen molar-refractivity contribution in [1.29, 1.82) is 0 Å². The summed E-state index contributed by atoms with van der Waals surface area (Å²) in [6.45, 7) is 17.8. The van der Waals surface area contributed by atoms with Gasteiger partial charge >= 0.3 is 0 Å². The van der Waals surface area contributed by atoms with Crippen LogP contribution >= 0.6 is 11.2 Å². The Balaban J connectivity index is 2.27. The van der Waals surface area contributed by atoms with E-state index >= 15 is 0 Å². The van der Waals surface area contributed by atoms with Crippen LogP contribution in [-0.4, -0.2) is 19.9 Å². The van der Waals surface area contributed by atoms with E-state index in [-0.39, 0.29) is 0 Å². The van der Waals surface area contributed by atoms with Gasteiger partial charge < -0.3 is 4.74 Å². The van der Waals surface area contributed by atoms with E-state index in [1.807, 2.05) is 0 Å². The van der Waals surface area contributed by atoms with E-state index in [1.165, 1.54) is 16.9 Å². The zero-order valence-corrected chi connectivity index (χ0v) is 18.5. The molecule has 0 radical (unpaired) electrons. The first-order chi connectivity index (χ1) is 11.3. The molecular weight excluding hydrogens is 328 g/mol. The van der Waals surface area contributed by atoms with Crippen LogP contribution in [0.2, 0.25) is 16.6 Å². The SMILES string of the molecule is CC1CC(c2cccc(S[Si](C(C)C)(C(C)C)C(C)C)c2)CCO1. The average Bonchev–Trinajstić information content (AvgIpc) is 2.52. The molecule has 0 saturated carbocycles. The van der Waals surface area contributed by atoms with E-state index in [4.69, 9.17) is 4.74 Å². The Hall–Kier alpha value is -0.253. The van der Waals surface area contributed by atoms with Gasteiger partial charge in [-0.2, -0.15) is 11.2 Å². The van der Waals surface area contributed by atoms with Crippen LogP contribution < -0.4 is 0 Å². The zero-order chi connectivity index (χ0) is 17.9. The summed E-state index contributed by atoms with van der Waals surface area (Å²) in [4.78, 5) is 1.49. The van der Waals surface area contributed by atoms with Crippen LogP contribution in [0.5, 0.6) is 0 Å². The van der Waals surface area contributed by atoms with Gasteiger partial charge in [-0.1, -0.05) is 53.7 Å². The summed E-state index contributed by atoms with van der Waals surface area (Å²) in [5.41, 5.74) is 3.88. The molecule has 136 valence electrons. The van der Waals surface area contributed by atoms with Crippen LogP contribution in [0.25, 0.3) is 0 Å². The smallest absolute Gasteiger partial charge is 0.131 e. The Kier molecular flexibility index (Phi) is 7.04. The lowest BCUT2D eigenvalue weighted by molar-refractivity contribution is 0.0186. The van der Waals surface area contributed by atoms with E-state index < -0.39 is 7.22 Å². The van der Waals surface area contributed by atoms with Gasteiger partial charge in [0.15, 0.2) is 0 Å². The van der Waals surface area contributed by atoms with Crippen molar-refractivity contribution in [1.82, 2.24) is 0 Å². The second kappa shape index (κ2) is 8.42. The lowest BCUT2D eigenvalue weighted by atomic mass is 9.89. The van der Waals surface area contributed by atoms with E-state index in [0.717, 1.165) is 29.7 Å². The highest BCUT2D eigenvalue weighted by atomic mass is 32.4. The fraction of sp³-hybridized carbons (Fsp3) is 0.714. The van der Waals surface area contributed by atoms with Crippen molar-refractivity contribution >= 4 is 18.4 Å². The quantitative estimate of drug-likeness (QED) is 0.492. The van der Waals surface area contributed by atoms with Crippen molar-refractivity contribution in [2.24, 2.45) is 0 Å². The molecule has 1 fully saturated rings. The number of hydrogen-bond acceptors (Lipinski definition) is 2. The molecule has 1 heterocycles. The van der Waals surface area contributed by atoms with Crippen molar-refractivity contribution in [3.63, 3.8) is 0 Å². The molecule has 2 atom stereocenters. The van der Waals surface area contributed by atoms with Crippen LogP contribution in [0.15, 0.2) is 29.2 Å². The maximum absolute atomic E-state index is 5.74. The van der Waals surface area contributed by atoms with Gasteiger partial charge in [-0.15, -0.1) is 0 Å². The molecule has 1 aliphatic heterocycles. The van der Waals surface area contributed by atoms with E-state index in [0.29, 0.717) is 12.0 Å². The molecule has 1 aliphatic rings. The topological polar surface area (TPSA) is 9.23 Å². The molecule has 0 aromatic heterocycles. The molecule has 3 heteroatoms. The Morgan fingerprint density at radius 2 is 1.67 bits per heavy atom. The zero-order valence-electron chi connectivity index (χ0n) is 16.6. The number of benzene rings is 1. The summed E-state index contributed by atoms with van der Waals surface area (Å²) in [5.74, 6) is 0.669. The predicted octanol–water partition coefficient (Wildman–Crippen LogP) is 7.24. The first-order valence-electron chi connectivity index (χ1n) is 9.67. The van der Waals surface area contributed by atoms with Gasteiger partial charge in [-0.05, 0) is 60.0 Å². The first kappa shape index (κ1) is 20.1. The summed E-state index contributed by atoms with van der Waals surface area (Å²) < 4.78 is 5.74.